The molecule has 0 aliphatic heterocycles. The third-order valence-electron chi connectivity index (χ3n) is 5.18. The molecular weight excluding hydrogens is 517 g/mol. The van der Waals surface area contributed by atoms with Gasteiger partial charge in [-0.2, -0.15) is 23.4 Å². The number of fused-ring (bicyclic) bond motifs is 1. The van der Waals surface area contributed by atoms with Gasteiger partial charge in [0.25, 0.3) is 5.91 Å². The van der Waals surface area contributed by atoms with Crippen molar-refractivity contribution in [2.75, 3.05) is 12.4 Å². The fourth-order valence-electron chi connectivity index (χ4n) is 3.55. The number of carbonyl (C=O) groups is 1. The molecule has 4 heterocycles. The molecule has 5 rings (SSSR count). The number of alkyl halides is 3. The number of ether oxygens (including phenoxy) is 1. The molecule has 0 saturated carbocycles. The summed E-state index contributed by atoms with van der Waals surface area (Å²) in [6, 6.07) is 11.6. The van der Waals surface area contributed by atoms with Crippen molar-refractivity contribution in [3.63, 3.8) is 0 Å². The lowest BCUT2D eigenvalue weighted by atomic mass is 10.2. The first-order chi connectivity index (χ1) is 17.2. The number of amides is 1. The molecule has 0 aliphatic carbocycles. The first-order valence-corrected chi connectivity index (χ1v) is 11.7. The lowest BCUT2D eigenvalue weighted by Gasteiger charge is -2.10. The summed E-state index contributed by atoms with van der Waals surface area (Å²) in [6.45, 7) is 0.409. The second kappa shape index (κ2) is 9.28. The highest BCUT2D eigenvalue weighted by Crippen LogP contribution is 2.35. The largest absolute Gasteiger partial charge is 0.497 e. The van der Waals surface area contributed by atoms with E-state index >= 15 is 0 Å². The highest BCUT2D eigenvalue weighted by atomic mass is 35.5. The van der Waals surface area contributed by atoms with Gasteiger partial charge in [0.2, 0.25) is 0 Å². The Kier molecular flexibility index (Phi) is 6.14. The zero-order valence-electron chi connectivity index (χ0n) is 18.5. The number of hydrogen-bond donors (Lipinski definition) is 1. The van der Waals surface area contributed by atoms with E-state index in [0.29, 0.717) is 27.4 Å². The Morgan fingerprint density at radius 3 is 2.78 bits per heavy atom. The van der Waals surface area contributed by atoms with Crippen LogP contribution in [0.15, 0.2) is 60.2 Å². The SMILES string of the molecule is COc1cccc(Cn2cc(NC(=O)c3nn4c(C(F)(F)F)cc(-c5cccs5)nc4c3Cl)cn2)c1. The summed E-state index contributed by atoms with van der Waals surface area (Å²) in [6.07, 6.45) is -1.76. The van der Waals surface area contributed by atoms with Gasteiger partial charge < -0.3 is 10.1 Å². The summed E-state index contributed by atoms with van der Waals surface area (Å²) in [5, 5.41) is 12.1. The number of aromatic nitrogens is 5. The summed E-state index contributed by atoms with van der Waals surface area (Å²) in [5.41, 5.74) is -0.432. The van der Waals surface area contributed by atoms with Crippen LogP contribution in [0.5, 0.6) is 5.75 Å². The van der Waals surface area contributed by atoms with Crippen LogP contribution in [0.1, 0.15) is 21.7 Å². The maximum atomic E-state index is 13.8. The maximum absolute atomic E-state index is 13.8. The fraction of sp³-hybridized carbons (Fsp3) is 0.130. The molecule has 8 nitrogen and oxygen atoms in total. The standard InChI is InChI=1S/C23H16ClF3N6O2S/c1-35-15-5-2-4-13(8-15)11-32-12-14(10-28-32)29-22(34)20-19(24)21-30-16(17-6-3-7-36-17)9-18(23(25,26)27)33(21)31-20/h2-10,12H,11H2,1H3,(H,29,34). The number of halogens is 4. The highest BCUT2D eigenvalue weighted by Gasteiger charge is 2.37. The molecule has 0 saturated heterocycles. The molecule has 1 aromatic carbocycles. The van der Waals surface area contributed by atoms with Crippen LogP contribution in [-0.4, -0.2) is 37.4 Å². The van der Waals surface area contributed by atoms with E-state index in [2.05, 4.69) is 20.5 Å². The number of methoxy groups -OCH3 is 1. The topological polar surface area (TPSA) is 86.3 Å². The minimum absolute atomic E-state index is 0.0809. The van der Waals surface area contributed by atoms with Crippen molar-refractivity contribution in [3.8, 4) is 16.3 Å². The van der Waals surface area contributed by atoms with Gasteiger partial charge in [-0.25, -0.2) is 9.50 Å². The molecule has 0 radical (unpaired) electrons. The van der Waals surface area contributed by atoms with Crippen LogP contribution < -0.4 is 10.1 Å². The van der Waals surface area contributed by atoms with Crippen LogP contribution in [0.3, 0.4) is 0 Å². The van der Waals surface area contributed by atoms with Crippen molar-refractivity contribution in [2.24, 2.45) is 0 Å². The summed E-state index contributed by atoms with van der Waals surface area (Å²) in [7, 11) is 1.57. The molecule has 0 aliphatic rings. The Bertz CT molecular complexity index is 1560. The lowest BCUT2D eigenvalue weighted by Crippen LogP contribution is -2.15. The van der Waals surface area contributed by atoms with Crippen molar-refractivity contribution in [2.45, 2.75) is 12.7 Å². The van der Waals surface area contributed by atoms with Gasteiger partial charge >= 0.3 is 6.18 Å². The predicted molar refractivity (Wildman–Crippen MR) is 129 cm³/mol. The maximum Gasteiger partial charge on any atom is 0.433 e. The van der Waals surface area contributed by atoms with E-state index < -0.39 is 23.5 Å². The Balaban J connectivity index is 1.44. The third-order valence-corrected chi connectivity index (χ3v) is 6.42. The molecule has 4 aromatic heterocycles. The fourth-order valence-corrected chi connectivity index (χ4v) is 4.48. The molecule has 0 bridgehead atoms. The molecule has 36 heavy (non-hydrogen) atoms. The van der Waals surface area contributed by atoms with Gasteiger partial charge in [0.1, 0.15) is 10.8 Å². The van der Waals surface area contributed by atoms with E-state index in [1.807, 2.05) is 24.3 Å². The number of rotatable bonds is 6. The quantitative estimate of drug-likeness (QED) is 0.306. The second-order valence-electron chi connectivity index (χ2n) is 7.63. The molecule has 0 spiro atoms. The molecule has 0 unspecified atom stereocenters. The van der Waals surface area contributed by atoms with Crippen molar-refractivity contribution in [1.29, 1.82) is 0 Å². The normalized spacial score (nSPS) is 11.7. The van der Waals surface area contributed by atoms with Crippen molar-refractivity contribution < 1.29 is 22.7 Å². The van der Waals surface area contributed by atoms with Crippen LogP contribution in [0.25, 0.3) is 16.2 Å². The van der Waals surface area contributed by atoms with Crippen LogP contribution >= 0.6 is 22.9 Å². The van der Waals surface area contributed by atoms with Crippen LogP contribution in [-0.2, 0) is 12.7 Å². The average Bonchev–Trinajstić information content (AvgIpc) is 3.59. The van der Waals surface area contributed by atoms with Crippen LogP contribution in [0.4, 0.5) is 18.9 Å². The van der Waals surface area contributed by atoms with Crippen molar-refractivity contribution >= 4 is 40.2 Å². The van der Waals surface area contributed by atoms with Gasteiger partial charge in [-0.15, -0.1) is 11.3 Å². The number of nitrogens with zero attached hydrogens (tertiary/aromatic N) is 5. The highest BCUT2D eigenvalue weighted by molar-refractivity contribution is 7.13. The zero-order chi connectivity index (χ0) is 25.4. The Morgan fingerprint density at radius 1 is 1.22 bits per heavy atom. The van der Waals surface area contributed by atoms with E-state index in [1.165, 1.54) is 17.5 Å². The summed E-state index contributed by atoms with van der Waals surface area (Å²) < 4.78 is 48.8. The number of carbonyl (C=O) groups excluding carboxylic acids is 1. The molecular formula is C23H16ClF3N6O2S. The third kappa shape index (κ3) is 4.64. The summed E-state index contributed by atoms with van der Waals surface area (Å²) in [5.74, 6) is -0.0963. The first-order valence-electron chi connectivity index (χ1n) is 10.4. The van der Waals surface area contributed by atoms with Gasteiger partial charge in [0.15, 0.2) is 17.0 Å². The van der Waals surface area contributed by atoms with E-state index in [9.17, 15) is 18.0 Å². The summed E-state index contributed by atoms with van der Waals surface area (Å²) >= 11 is 7.54. The van der Waals surface area contributed by atoms with Crippen molar-refractivity contribution in [1.82, 2.24) is 24.4 Å². The van der Waals surface area contributed by atoms with Crippen molar-refractivity contribution in [3.05, 3.63) is 82.2 Å². The first kappa shape index (κ1) is 23.8. The number of hydrogen-bond acceptors (Lipinski definition) is 6. The number of anilines is 1. The minimum Gasteiger partial charge on any atom is -0.497 e. The molecule has 5 aromatic rings. The number of nitrogens with one attached hydrogen (secondary N) is 1. The molecule has 1 N–H and O–H groups in total. The zero-order valence-corrected chi connectivity index (χ0v) is 20.0. The monoisotopic (exact) mass is 532 g/mol. The van der Waals surface area contributed by atoms with Gasteiger partial charge in [0.05, 0.1) is 36.1 Å². The van der Waals surface area contributed by atoms with Gasteiger partial charge in [-0.3, -0.25) is 9.48 Å². The number of benzene rings is 1. The number of thiophene rings is 1. The molecule has 13 heteroatoms. The van der Waals surface area contributed by atoms with Gasteiger partial charge in [-0.1, -0.05) is 29.8 Å². The lowest BCUT2D eigenvalue weighted by molar-refractivity contribution is -0.142. The van der Waals surface area contributed by atoms with E-state index in [4.69, 9.17) is 16.3 Å². The molecule has 0 atom stereocenters. The van der Waals surface area contributed by atoms with E-state index in [-0.39, 0.29) is 16.4 Å². The van der Waals surface area contributed by atoms with Crippen LogP contribution in [0.2, 0.25) is 5.02 Å². The Hall–Kier alpha value is -3.90. The second-order valence-corrected chi connectivity index (χ2v) is 8.96. The average molecular weight is 533 g/mol. The molecule has 1 amide bonds. The summed E-state index contributed by atoms with van der Waals surface area (Å²) in [4.78, 5) is 17.7. The minimum atomic E-state index is -4.75. The predicted octanol–water partition coefficient (Wildman–Crippen LogP) is 5.64. The Morgan fingerprint density at radius 2 is 2.06 bits per heavy atom. The van der Waals surface area contributed by atoms with Gasteiger partial charge in [-0.05, 0) is 35.2 Å². The molecule has 0 fully saturated rings. The van der Waals surface area contributed by atoms with E-state index in [0.717, 1.165) is 11.6 Å². The van der Waals surface area contributed by atoms with Gasteiger partial charge in [0, 0.05) is 6.20 Å². The van der Waals surface area contributed by atoms with Crippen LogP contribution in [0, 0.1) is 0 Å². The van der Waals surface area contributed by atoms with E-state index in [1.54, 1.807) is 35.5 Å². The smallest absolute Gasteiger partial charge is 0.433 e. The Labute approximate surface area is 210 Å². The molecule has 184 valence electrons.